The topological polar surface area (TPSA) is 55.8 Å². The van der Waals surface area contributed by atoms with Gasteiger partial charge in [-0.15, -0.1) is 0 Å². The molecule has 2 aromatic rings. The van der Waals surface area contributed by atoms with Crippen molar-refractivity contribution in [2.45, 2.75) is 70.8 Å². The maximum atomic E-state index is 13.9. The van der Waals surface area contributed by atoms with Crippen LogP contribution < -0.4 is 0 Å². The quantitative estimate of drug-likeness (QED) is 0.337. The Labute approximate surface area is 205 Å². The van der Waals surface area contributed by atoms with E-state index in [1.807, 2.05) is 72.5 Å². The van der Waals surface area contributed by atoms with Gasteiger partial charge in [0.25, 0.3) is 0 Å². The largest absolute Gasteiger partial charge is 0.466 e. The summed E-state index contributed by atoms with van der Waals surface area (Å²) in [6, 6.07) is 19.6. The fourth-order valence-electron chi connectivity index (χ4n) is 4.39. The molecule has 5 nitrogen and oxygen atoms in total. The van der Waals surface area contributed by atoms with Gasteiger partial charge in [-0.2, -0.15) is 0 Å². The lowest BCUT2D eigenvalue weighted by molar-refractivity contribution is -0.144. The van der Waals surface area contributed by atoms with Gasteiger partial charge in [-0.3, -0.25) is 9.59 Å². The van der Waals surface area contributed by atoms with Crippen molar-refractivity contribution in [3.05, 3.63) is 71.8 Å². The third-order valence-electron chi connectivity index (χ3n) is 7.36. The van der Waals surface area contributed by atoms with Crippen LogP contribution in [-0.2, 0) is 25.3 Å². The number of esters is 1. The Balaban J connectivity index is 2.00. The summed E-state index contributed by atoms with van der Waals surface area (Å²) in [5.41, 5.74) is 2.01. The van der Waals surface area contributed by atoms with Crippen LogP contribution in [0.3, 0.4) is 0 Å². The fourth-order valence-corrected chi connectivity index (χ4v) is 5.41. The molecule has 184 valence electrons. The van der Waals surface area contributed by atoms with Gasteiger partial charge in [0, 0.05) is 12.5 Å². The summed E-state index contributed by atoms with van der Waals surface area (Å²) in [6.45, 7) is 14.1. The molecule has 1 saturated heterocycles. The number of hydrogen-bond acceptors (Lipinski definition) is 4. The highest BCUT2D eigenvalue weighted by atomic mass is 28.4. The van der Waals surface area contributed by atoms with Crippen LogP contribution in [-0.4, -0.2) is 44.3 Å². The summed E-state index contributed by atoms with van der Waals surface area (Å²) in [6.07, 6.45) is 0.190. The van der Waals surface area contributed by atoms with Crippen molar-refractivity contribution in [2.24, 2.45) is 5.92 Å². The summed E-state index contributed by atoms with van der Waals surface area (Å²) in [4.78, 5) is 28.5. The van der Waals surface area contributed by atoms with E-state index in [1.165, 1.54) is 0 Å². The molecule has 1 amide bonds. The van der Waals surface area contributed by atoms with Gasteiger partial charge in [0.1, 0.15) is 0 Å². The maximum absolute atomic E-state index is 13.9. The smallest absolute Gasteiger partial charge is 0.306 e. The minimum atomic E-state index is -2.06. The lowest BCUT2D eigenvalue weighted by atomic mass is 9.83. The molecule has 0 saturated carbocycles. The molecule has 0 bridgehead atoms. The Bertz CT molecular complexity index is 955. The van der Waals surface area contributed by atoms with Crippen molar-refractivity contribution in [2.75, 3.05) is 13.2 Å². The van der Waals surface area contributed by atoms with Crippen LogP contribution in [0, 0.1) is 5.92 Å². The molecule has 0 aliphatic carbocycles. The fraction of sp³-hybridized carbons (Fsp3) is 0.500. The predicted octanol–water partition coefficient (Wildman–Crippen LogP) is 5.77. The molecule has 1 heterocycles. The van der Waals surface area contributed by atoms with Crippen LogP contribution in [0.1, 0.15) is 51.2 Å². The first kappa shape index (κ1) is 26.2. The average Bonchev–Trinajstić information content (AvgIpc) is 3.03. The molecule has 6 heteroatoms. The Morgan fingerprint density at radius 1 is 1.00 bits per heavy atom. The van der Waals surface area contributed by atoms with Gasteiger partial charge < -0.3 is 14.1 Å². The van der Waals surface area contributed by atoms with Gasteiger partial charge >= 0.3 is 5.97 Å². The van der Waals surface area contributed by atoms with Gasteiger partial charge in [0.05, 0.1) is 31.6 Å². The maximum Gasteiger partial charge on any atom is 0.306 e. The molecule has 3 rings (SSSR count). The number of carbonyl (C=O) groups excluding carboxylic acids is 2. The van der Waals surface area contributed by atoms with Gasteiger partial charge in [0.2, 0.25) is 5.91 Å². The molecule has 0 aromatic heterocycles. The van der Waals surface area contributed by atoms with Crippen LogP contribution in [0.5, 0.6) is 0 Å². The molecule has 0 spiro atoms. The monoisotopic (exact) mass is 481 g/mol. The number of amides is 1. The number of nitrogens with zero attached hydrogens (tertiary/aromatic N) is 1. The minimum absolute atomic E-state index is 0.0492. The molecular formula is C28H39NO4Si. The summed E-state index contributed by atoms with van der Waals surface area (Å²) >= 11 is 0. The number of hydrogen-bond donors (Lipinski definition) is 0. The van der Waals surface area contributed by atoms with E-state index in [0.717, 1.165) is 11.1 Å². The first-order chi connectivity index (χ1) is 16.0. The van der Waals surface area contributed by atoms with Gasteiger partial charge in [0.15, 0.2) is 8.32 Å². The standard InChI is InChI=1S/C28H39NO4Si/c1-7-32-25(30)18-23-24(20-33-34(5,6)28(2,3)4)29(19-21-14-10-8-11-15-21)27(31)26(23)22-16-12-9-13-17-22/h8-17,23-24,26H,7,18-20H2,1-6H3/t23-,24+,26+/m0/s1. The summed E-state index contributed by atoms with van der Waals surface area (Å²) < 4.78 is 12.0. The average molecular weight is 482 g/mol. The molecule has 0 unspecified atom stereocenters. The first-order valence-electron chi connectivity index (χ1n) is 12.2. The molecule has 1 fully saturated rings. The van der Waals surface area contributed by atoms with Crippen molar-refractivity contribution < 1.29 is 18.8 Å². The predicted molar refractivity (Wildman–Crippen MR) is 138 cm³/mol. The van der Waals surface area contributed by atoms with Crippen LogP contribution >= 0.6 is 0 Å². The summed E-state index contributed by atoms with van der Waals surface area (Å²) in [5.74, 6) is -0.835. The van der Waals surface area contributed by atoms with Crippen LogP contribution in [0.15, 0.2) is 60.7 Å². The van der Waals surface area contributed by atoms with E-state index in [2.05, 4.69) is 33.9 Å². The van der Waals surface area contributed by atoms with E-state index in [-0.39, 0.29) is 35.3 Å². The highest BCUT2D eigenvalue weighted by Crippen LogP contribution is 2.43. The van der Waals surface area contributed by atoms with Crippen LogP contribution in [0.25, 0.3) is 0 Å². The van der Waals surface area contributed by atoms with Crippen molar-refractivity contribution in [3.8, 4) is 0 Å². The number of carbonyl (C=O) groups is 2. The molecule has 3 atom stereocenters. The zero-order valence-electron chi connectivity index (χ0n) is 21.4. The van der Waals surface area contributed by atoms with E-state index in [1.54, 1.807) is 0 Å². The van der Waals surface area contributed by atoms with Crippen LogP contribution in [0.2, 0.25) is 18.1 Å². The molecule has 2 aromatic carbocycles. The number of ether oxygens (including phenoxy) is 1. The molecule has 1 aliphatic rings. The SMILES string of the molecule is CCOC(=O)C[C@@H]1[C@@H](c2ccccc2)C(=O)N(Cc2ccccc2)[C@@H]1CO[Si](C)(C)C(C)(C)C. The number of likely N-dealkylation sites (tertiary alicyclic amines) is 1. The number of rotatable bonds is 9. The van der Waals surface area contributed by atoms with Crippen LogP contribution in [0.4, 0.5) is 0 Å². The highest BCUT2D eigenvalue weighted by Gasteiger charge is 2.50. The Kier molecular flexibility index (Phi) is 8.37. The molecular weight excluding hydrogens is 442 g/mol. The van der Waals surface area contributed by atoms with Crippen molar-refractivity contribution >= 4 is 20.2 Å². The first-order valence-corrected chi connectivity index (χ1v) is 15.1. The van der Waals surface area contributed by atoms with E-state index in [0.29, 0.717) is 19.8 Å². The molecule has 1 aliphatic heterocycles. The van der Waals surface area contributed by atoms with Gasteiger partial charge in [-0.25, -0.2) is 0 Å². The van der Waals surface area contributed by atoms with Crippen molar-refractivity contribution in [3.63, 3.8) is 0 Å². The summed E-state index contributed by atoms with van der Waals surface area (Å²) in [5, 5.41) is 0.0509. The Morgan fingerprint density at radius 2 is 1.59 bits per heavy atom. The normalized spacial score (nSPS) is 21.1. The lowest BCUT2D eigenvalue weighted by Gasteiger charge is -2.39. The second-order valence-electron chi connectivity index (χ2n) is 10.7. The minimum Gasteiger partial charge on any atom is -0.466 e. The molecule has 0 radical (unpaired) electrons. The Hall–Kier alpha value is -2.44. The van der Waals surface area contributed by atoms with Gasteiger partial charge in [-0.1, -0.05) is 81.4 Å². The lowest BCUT2D eigenvalue weighted by Crippen LogP contribution is -2.46. The molecule has 0 N–H and O–H groups in total. The van der Waals surface area contributed by atoms with Gasteiger partial charge in [-0.05, 0) is 36.2 Å². The van der Waals surface area contributed by atoms with E-state index in [4.69, 9.17) is 9.16 Å². The zero-order valence-corrected chi connectivity index (χ0v) is 22.4. The highest BCUT2D eigenvalue weighted by molar-refractivity contribution is 6.74. The Morgan fingerprint density at radius 3 is 2.15 bits per heavy atom. The molecule has 34 heavy (non-hydrogen) atoms. The zero-order chi connectivity index (χ0) is 24.9. The summed E-state index contributed by atoms with van der Waals surface area (Å²) in [7, 11) is -2.06. The third kappa shape index (κ3) is 5.97. The number of benzene rings is 2. The van der Waals surface area contributed by atoms with Crippen molar-refractivity contribution in [1.82, 2.24) is 4.90 Å². The van der Waals surface area contributed by atoms with Crippen molar-refractivity contribution in [1.29, 1.82) is 0 Å². The van der Waals surface area contributed by atoms with E-state index in [9.17, 15) is 9.59 Å². The third-order valence-corrected chi connectivity index (χ3v) is 11.9. The second-order valence-corrected chi connectivity index (χ2v) is 15.5. The van der Waals surface area contributed by atoms with E-state index >= 15 is 0 Å². The second kappa shape index (κ2) is 10.9. The van der Waals surface area contributed by atoms with E-state index < -0.39 is 14.2 Å².